The fourth-order valence-corrected chi connectivity index (χ4v) is 3.14. The highest BCUT2D eigenvalue weighted by atomic mass is 127. The van der Waals surface area contributed by atoms with Crippen molar-refractivity contribution in [3.05, 3.63) is 33.4 Å². The van der Waals surface area contributed by atoms with Crippen LogP contribution in [0.5, 0.6) is 0 Å². The zero-order valence-electron chi connectivity index (χ0n) is 11.0. The molecule has 3 rings (SSSR count). The van der Waals surface area contributed by atoms with Crippen molar-refractivity contribution < 1.29 is 9.59 Å². The number of hydrogen-bond donors (Lipinski definition) is 2. The largest absolute Gasteiger partial charge is 0.325 e. The van der Waals surface area contributed by atoms with E-state index in [1.54, 1.807) is 0 Å². The first-order chi connectivity index (χ1) is 9.61. The minimum absolute atomic E-state index is 0.0810. The summed E-state index contributed by atoms with van der Waals surface area (Å²) in [5.74, 6) is -0.0810. The third-order valence-electron chi connectivity index (χ3n) is 3.96. The lowest BCUT2D eigenvalue weighted by Gasteiger charge is -2.31. The zero-order valence-corrected chi connectivity index (χ0v) is 13.1. The van der Waals surface area contributed by atoms with E-state index in [4.69, 9.17) is 0 Å². The van der Waals surface area contributed by atoms with Gasteiger partial charge < -0.3 is 10.6 Å². The van der Waals surface area contributed by atoms with Crippen LogP contribution < -0.4 is 10.6 Å². The number of nitrogens with zero attached hydrogens (tertiary/aromatic N) is 1. The molecule has 0 bridgehead atoms. The maximum absolute atomic E-state index is 12.6. The van der Waals surface area contributed by atoms with Gasteiger partial charge in [0, 0.05) is 3.57 Å². The quantitative estimate of drug-likeness (QED) is 0.599. The SMILES string of the molecule is O=C1NC2(CCNCC2)C(=O)N1Cc1ccc(I)cc1. The fourth-order valence-electron chi connectivity index (χ4n) is 2.78. The Kier molecular flexibility index (Phi) is 3.68. The Morgan fingerprint density at radius 1 is 1.15 bits per heavy atom. The average molecular weight is 385 g/mol. The molecule has 2 aliphatic heterocycles. The molecule has 2 N–H and O–H groups in total. The Balaban J connectivity index is 1.78. The first-order valence-electron chi connectivity index (χ1n) is 6.70. The summed E-state index contributed by atoms with van der Waals surface area (Å²) in [5.41, 5.74) is 0.297. The number of imide groups is 1. The second-order valence-electron chi connectivity index (χ2n) is 5.28. The molecule has 0 unspecified atom stereocenters. The highest BCUT2D eigenvalue weighted by Crippen LogP contribution is 2.28. The van der Waals surface area contributed by atoms with Gasteiger partial charge in [0.25, 0.3) is 5.91 Å². The van der Waals surface area contributed by atoms with E-state index >= 15 is 0 Å². The van der Waals surface area contributed by atoms with Crippen molar-refractivity contribution in [1.82, 2.24) is 15.5 Å². The molecule has 3 amide bonds. The van der Waals surface area contributed by atoms with Crippen molar-refractivity contribution in [2.24, 2.45) is 0 Å². The molecule has 0 aromatic heterocycles. The number of halogens is 1. The van der Waals surface area contributed by atoms with E-state index in [1.165, 1.54) is 4.90 Å². The van der Waals surface area contributed by atoms with Gasteiger partial charge in [-0.2, -0.15) is 0 Å². The van der Waals surface area contributed by atoms with Crippen LogP contribution in [-0.4, -0.2) is 35.5 Å². The standard InChI is InChI=1S/C14H16IN3O2/c15-11-3-1-10(2-4-11)9-18-12(19)14(17-13(18)20)5-7-16-8-6-14/h1-4,16H,5-9H2,(H,17,20). The predicted octanol–water partition coefficient (Wildman–Crippen LogP) is 1.47. The van der Waals surface area contributed by atoms with Crippen LogP contribution >= 0.6 is 22.6 Å². The van der Waals surface area contributed by atoms with Crippen molar-refractivity contribution in [2.45, 2.75) is 24.9 Å². The Bertz CT molecular complexity index is 538. The number of amides is 3. The van der Waals surface area contributed by atoms with Gasteiger partial charge in [-0.25, -0.2) is 4.79 Å². The maximum atomic E-state index is 12.6. The molecule has 2 fully saturated rings. The van der Waals surface area contributed by atoms with Crippen molar-refractivity contribution in [3.8, 4) is 0 Å². The molecule has 0 atom stereocenters. The van der Waals surface area contributed by atoms with E-state index in [0.717, 1.165) is 22.2 Å². The van der Waals surface area contributed by atoms with Gasteiger partial charge in [0.1, 0.15) is 5.54 Å². The third-order valence-corrected chi connectivity index (χ3v) is 4.68. The van der Waals surface area contributed by atoms with E-state index in [1.807, 2.05) is 24.3 Å². The van der Waals surface area contributed by atoms with Gasteiger partial charge in [-0.3, -0.25) is 9.69 Å². The number of urea groups is 1. The highest BCUT2D eigenvalue weighted by Gasteiger charge is 2.51. The van der Waals surface area contributed by atoms with Gasteiger partial charge in [-0.1, -0.05) is 12.1 Å². The van der Waals surface area contributed by atoms with Crippen LogP contribution in [0.1, 0.15) is 18.4 Å². The Morgan fingerprint density at radius 3 is 2.45 bits per heavy atom. The van der Waals surface area contributed by atoms with E-state index in [9.17, 15) is 9.59 Å². The lowest BCUT2D eigenvalue weighted by atomic mass is 9.88. The molecule has 1 aromatic carbocycles. The summed E-state index contributed by atoms with van der Waals surface area (Å²) in [5, 5.41) is 6.12. The minimum Gasteiger partial charge on any atom is -0.323 e. The fraction of sp³-hybridized carbons (Fsp3) is 0.429. The minimum atomic E-state index is -0.675. The zero-order chi connectivity index (χ0) is 14.2. The molecule has 0 radical (unpaired) electrons. The number of benzene rings is 1. The first kappa shape index (κ1) is 13.8. The summed E-state index contributed by atoms with van der Waals surface area (Å²) >= 11 is 2.23. The van der Waals surface area contributed by atoms with Crippen LogP contribution in [0.2, 0.25) is 0 Å². The molecule has 0 saturated carbocycles. The van der Waals surface area contributed by atoms with Gasteiger partial charge in [0.2, 0.25) is 0 Å². The molecule has 1 aromatic rings. The summed E-state index contributed by atoms with van der Waals surface area (Å²) < 4.78 is 1.14. The molecule has 106 valence electrons. The predicted molar refractivity (Wildman–Crippen MR) is 83.1 cm³/mol. The third kappa shape index (κ3) is 2.42. The highest BCUT2D eigenvalue weighted by molar-refractivity contribution is 14.1. The normalized spacial score (nSPS) is 21.4. The molecule has 20 heavy (non-hydrogen) atoms. The topological polar surface area (TPSA) is 61.4 Å². The Hall–Kier alpha value is -1.15. The second kappa shape index (κ2) is 5.33. The summed E-state index contributed by atoms with van der Waals surface area (Å²) in [6.45, 7) is 1.88. The maximum Gasteiger partial charge on any atom is 0.325 e. The van der Waals surface area contributed by atoms with E-state index in [-0.39, 0.29) is 11.9 Å². The molecule has 2 aliphatic rings. The number of piperidine rings is 1. The van der Waals surface area contributed by atoms with Crippen LogP contribution in [0.3, 0.4) is 0 Å². The van der Waals surface area contributed by atoms with E-state index < -0.39 is 5.54 Å². The summed E-state index contributed by atoms with van der Waals surface area (Å²) in [6, 6.07) is 7.60. The van der Waals surface area contributed by atoms with Gasteiger partial charge in [0.15, 0.2) is 0 Å². The Labute approximate surface area is 131 Å². The molecule has 2 heterocycles. The number of carbonyl (C=O) groups is 2. The molecule has 2 saturated heterocycles. The van der Waals surface area contributed by atoms with Crippen molar-refractivity contribution in [1.29, 1.82) is 0 Å². The van der Waals surface area contributed by atoms with Gasteiger partial charge in [-0.05, 0) is 66.2 Å². The van der Waals surface area contributed by atoms with Gasteiger partial charge >= 0.3 is 6.03 Å². The number of rotatable bonds is 2. The van der Waals surface area contributed by atoms with E-state index in [0.29, 0.717) is 19.4 Å². The Morgan fingerprint density at radius 2 is 1.80 bits per heavy atom. The van der Waals surface area contributed by atoms with Crippen molar-refractivity contribution in [3.63, 3.8) is 0 Å². The van der Waals surface area contributed by atoms with Crippen molar-refractivity contribution >= 4 is 34.5 Å². The summed E-state index contributed by atoms with van der Waals surface area (Å²) in [4.78, 5) is 26.0. The lowest BCUT2D eigenvalue weighted by Crippen LogP contribution is -2.53. The van der Waals surface area contributed by atoms with Crippen molar-refractivity contribution in [2.75, 3.05) is 13.1 Å². The lowest BCUT2D eigenvalue weighted by molar-refractivity contribution is -0.132. The number of carbonyl (C=O) groups excluding carboxylic acids is 2. The molecule has 5 nitrogen and oxygen atoms in total. The smallest absolute Gasteiger partial charge is 0.323 e. The van der Waals surface area contributed by atoms with E-state index in [2.05, 4.69) is 33.2 Å². The molecule has 1 spiro atoms. The van der Waals surface area contributed by atoms with Crippen LogP contribution in [0.25, 0.3) is 0 Å². The number of hydrogen-bond acceptors (Lipinski definition) is 3. The van der Waals surface area contributed by atoms with Gasteiger partial charge in [-0.15, -0.1) is 0 Å². The molecular weight excluding hydrogens is 369 g/mol. The molecule has 6 heteroatoms. The van der Waals surface area contributed by atoms with Crippen LogP contribution in [0.4, 0.5) is 4.79 Å². The first-order valence-corrected chi connectivity index (χ1v) is 7.78. The second-order valence-corrected chi connectivity index (χ2v) is 6.53. The van der Waals surface area contributed by atoms with Crippen LogP contribution in [-0.2, 0) is 11.3 Å². The molecular formula is C14H16IN3O2. The average Bonchev–Trinajstić information content (AvgIpc) is 2.67. The monoisotopic (exact) mass is 385 g/mol. The molecule has 0 aliphatic carbocycles. The summed E-state index contributed by atoms with van der Waals surface area (Å²) in [7, 11) is 0. The summed E-state index contributed by atoms with van der Waals surface area (Å²) in [6.07, 6.45) is 1.33. The number of nitrogens with one attached hydrogen (secondary N) is 2. The van der Waals surface area contributed by atoms with Gasteiger partial charge in [0.05, 0.1) is 6.54 Å². The van der Waals surface area contributed by atoms with Crippen LogP contribution in [0, 0.1) is 3.57 Å². The van der Waals surface area contributed by atoms with Crippen LogP contribution in [0.15, 0.2) is 24.3 Å².